The van der Waals surface area contributed by atoms with Crippen molar-refractivity contribution in [3.05, 3.63) is 48.4 Å². The number of hydrogen-bond acceptors (Lipinski definition) is 2. The van der Waals surface area contributed by atoms with Crippen LogP contribution in [0.25, 0.3) is 10.9 Å². The maximum atomic E-state index is 12.7. The summed E-state index contributed by atoms with van der Waals surface area (Å²) in [7, 11) is 0. The fourth-order valence-corrected chi connectivity index (χ4v) is 3.94. The van der Waals surface area contributed by atoms with Gasteiger partial charge in [0.25, 0.3) is 0 Å². The third-order valence-corrected chi connectivity index (χ3v) is 4.96. The summed E-state index contributed by atoms with van der Waals surface area (Å²) in [5.74, 6) is 1.51. The molecular formula is C19H22INO2. The molecule has 0 aliphatic heterocycles. The Labute approximate surface area is 150 Å². The average molecular weight is 423 g/mol. The van der Waals surface area contributed by atoms with Gasteiger partial charge in [-0.2, -0.15) is 0 Å². The Morgan fingerprint density at radius 3 is 2.78 bits per heavy atom. The van der Waals surface area contributed by atoms with Gasteiger partial charge in [0.2, 0.25) is 5.91 Å². The fourth-order valence-electron chi connectivity index (χ4n) is 3.50. The first-order chi connectivity index (χ1) is 11.2. The molecule has 23 heavy (non-hydrogen) atoms. The molecule has 0 amide bonds. The number of nitrogens with zero attached hydrogens (tertiary/aromatic N) is 1. The molecule has 0 N–H and O–H groups in total. The molecule has 0 saturated heterocycles. The zero-order valence-corrected chi connectivity index (χ0v) is 15.4. The number of ether oxygens (including phenoxy) is 1. The highest BCUT2D eigenvalue weighted by atomic mass is 127. The van der Waals surface area contributed by atoms with E-state index < -0.39 is 0 Å². The number of carbonyl (C=O) groups excluding carboxylic acids is 1. The summed E-state index contributed by atoms with van der Waals surface area (Å²) in [5.41, 5.74) is 2.10. The Kier molecular flexibility index (Phi) is 5.41. The lowest BCUT2D eigenvalue weighted by atomic mass is 10.0. The first-order valence-electron chi connectivity index (χ1n) is 8.17. The minimum Gasteiger partial charge on any atom is -0.488 e. The fraction of sp³-hybridized carbons (Fsp3) is 0.421. The van der Waals surface area contributed by atoms with Crippen LogP contribution in [0.2, 0.25) is 0 Å². The van der Waals surface area contributed by atoms with Crippen molar-refractivity contribution < 1.29 is 9.53 Å². The van der Waals surface area contributed by atoms with Crippen LogP contribution in [0.5, 0.6) is 0 Å². The zero-order chi connectivity index (χ0) is 16.2. The van der Waals surface area contributed by atoms with Crippen LogP contribution in [0.15, 0.2) is 42.8 Å². The van der Waals surface area contributed by atoms with E-state index in [9.17, 15) is 4.79 Å². The van der Waals surface area contributed by atoms with E-state index in [1.807, 2.05) is 29.0 Å². The quantitative estimate of drug-likeness (QED) is 0.358. The molecule has 2 aromatic rings. The highest BCUT2D eigenvalue weighted by Crippen LogP contribution is 2.30. The average Bonchev–Trinajstić information content (AvgIpc) is 3.16. The van der Waals surface area contributed by atoms with Crippen LogP contribution in [-0.2, 0) is 11.2 Å². The first-order valence-corrected chi connectivity index (χ1v) is 9.70. The van der Waals surface area contributed by atoms with Crippen LogP contribution in [0, 0.1) is 5.92 Å². The lowest BCUT2D eigenvalue weighted by Crippen LogP contribution is -2.13. The van der Waals surface area contributed by atoms with Crippen LogP contribution in [0.4, 0.5) is 0 Å². The van der Waals surface area contributed by atoms with Crippen molar-refractivity contribution in [3.8, 4) is 0 Å². The molecule has 0 bridgehead atoms. The summed E-state index contributed by atoms with van der Waals surface area (Å²) < 4.78 is 7.90. The van der Waals surface area contributed by atoms with Crippen molar-refractivity contribution in [1.82, 2.24) is 4.57 Å². The molecule has 0 unspecified atom stereocenters. The van der Waals surface area contributed by atoms with E-state index in [4.69, 9.17) is 4.74 Å². The first kappa shape index (κ1) is 16.6. The van der Waals surface area contributed by atoms with E-state index in [-0.39, 0.29) is 5.91 Å². The van der Waals surface area contributed by atoms with Gasteiger partial charge in [0.1, 0.15) is 4.61 Å². The number of benzene rings is 1. The monoisotopic (exact) mass is 423 g/mol. The van der Waals surface area contributed by atoms with Gasteiger partial charge in [-0.15, -0.1) is 0 Å². The maximum Gasteiger partial charge on any atom is 0.231 e. The van der Waals surface area contributed by atoms with Gasteiger partial charge in [0, 0.05) is 24.4 Å². The van der Waals surface area contributed by atoms with Crippen LogP contribution < -0.4 is 0 Å². The number of alkyl halides is 1. The van der Waals surface area contributed by atoms with Crippen LogP contribution >= 0.6 is 22.6 Å². The molecule has 1 aromatic carbocycles. The number of rotatable bonds is 6. The Hall–Kier alpha value is -1.30. The number of para-hydroxylation sites is 1. The molecule has 1 saturated carbocycles. The van der Waals surface area contributed by atoms with Gasteiger partial charge < -0.3 is 4.74 Å². The summed E-state index contributed by atoms with van der Waals surface area (Å²) in [6.45, 7) is 3.96. The Balaban J connectivity index is 1.87. The summed E-state index contributed by atoms with van der Waals surface area (Å²) in [5, 5.41) is 1.12. The molecule has 4 heteroatoms. The SMILES string of the molecule is C=C(Cc1cn(C(=O)CC2CCCC2)c2ccccc12)OCI. The molecular weight excluding hydrogens is 401 g/mol. The lowest BCUT2D eigenvalue weighted by Gasteiger charge is -2.09. The highest BCUT2D eigenvalue weighted by Gasteiger charge is 2.21. The van der Waals surface area contributed by atoms with Gasteiger partial charge in [-0.1, -0.05) is 37.6 Å². The highest BCUT2D eigenvalue weighted by molar-refractivity contribution is 14.1. The second kappa shape index (κ2) is 7.51. The normalized spacial score (nSPS) is 15.2. The Morgan fingerprint density at radius 1 is 1.30 bits per heavy atom. The second-order valence-corrected chi connectivity index (χ2v) is 6.88. The molecule has 1 aromatic heterocycles. The van der Waals surface area contributed by atoms with Gasteiger partial charge in [0.05, 0.1) is 11.3 Å². The van der Waals surface area contributed by atoms with Crippen LogP contribution in [-0.4, -0.2) is 15.1 Å². The van der Waals surface area contributed by atoms with Gasteiger partial charge >= 0.3 is 0 Å². The standard InChI is InChI=1S/C19H22INO2/c1-14(23-13-20)10-16-12-21(18-9-5-4-8-17(16)18)19(22)11-15-6-2-3-7-15/h4-5,8-9,12,15H,1-3,6-7,10-11,13H2. The topological polar surface area (TPSA) is 31.2 Å². The van der Waals surface area contributed by atoms with Gasteiger partial charge in [-0.25, -0.2) is 0 Å². The Morgan fingerprint density at radius 2 is 2.04 bits per heavy atom. The molecule has 122 valence electrons. The number of aromatic nitrogens is 1. The van der Waals surface area contributed by atoms with E-state index >= 15 is 0 Å². The van der Waals surface area contributed by atoms with E-state index in [0.717, 1.165) is 22.2 Å². The minimum absolute atomic E-state index is 0.208. The largest absolute Gasteiger partial charge is 0.488 e. The lowest BCUT2D eigenvalue weighted by molar-refractivity contribution is 0.0886. The summed E-state index contributed by atoms with van der Waals surface area (Å²) in [6, 6.07) is 8.09. The molecule has 0 atom stereocenters. The van der Waals surface area contributed by atoms with Crippen molar-refractivity contribution in [2.45, 2.75) is 38.5 Å². The molecule has 0 spiro atoms. The van der Waals surface area contributed by atoms with Crippen molar-refractivity contribution >= 4 is 39.4 Å². The maximum absolute atomic E-state index is 12.7. The zero-order valence-electron chi connectivity index (χ0n) is 13.3. The van der Waals surface area contributed by atoms with E-state index in [0.29, 0.717) is 23.4 Å². The molecule has 1 heterocycles. The molecule has 1 fully saturated rings. The van der Waals surface area contributed by atoms with Gasteiger partial charge in [-0.05, 0) is 53.0 Å². The van der Waals surface area contributed by atoms with E-state index in [1.54, 1.807) is 0 Å². The van der Waals surface area contributed by atoms with Crippen molar-refractivity contribution in [2.75, 3.05) is 4.61 Å². The van der Waals surface area contributed by atoms with E-state index in [2.05, 4.69) is 35.2 Å². The minimum atomic E-state index is 0.208. The summed E-state index contributed by atoms with van der Waals surface area (Å²) in [6.07, 6.45) is 8.20. The van der Waals surface area contributed by atoms with Crippen LogP contribution in [0.3, 0.4) is 0 Å². The number of hydrogen-bond donors (Lipinski definition) is 0. The molecule has 1 aliphatic carbocycles. The second-order valence-electron chi connectivity index (χ2n) is 6.26. The summed E-state index contributed by atoms with van der Waals surface area (Å²) in [4.78, 5) is 12.7. The third-order valence-electron chi connectivity index (χ3n) is 4.65. The molecule has 0 radical (unpaired) electrons. The molecule has 3 nitrogen and oxygen atoms in total. The van der Waals surface area contributed by atoms with Crippen molar-refractivity contribution in [2.24, 2.45) is 5.92 Å². The summed E-state index contributed by atoms with van der Waals surface area (Å²) >= 11 is 2.16. The smallest absolute Gasteiger partial charge is 0.231 e. The number of halogens is 1. The molecule has 3 rings (SSSR count). The van der Waals surface area contributed by atoms with Gasteiger partial charge in [-0.3, -0.25) is 9.36 Å². The predicted octanol–water partition coefficient (Wildman–Crippen LogP) is 5.33. The van der Waals surface area contributed by atoms with E-state index in [1.165, 1.54) is 25.7 Å². The van der Waals surface area contributed by atoms with Crippen molar-refractivity contribution in [1.29, 1.82) is 0 Å². The number of fused-ring (bicyclic) bond motifs is 1. The van der Waals surface area contributed by atoms with Gasteiger partial charge in [0.15, 0.2) is 0 Å². The van der Waals surface area contributed by atoms with Crippen LogP contribution in [0.1, 0.15) is 42.5 Å². The Bertz CT molecular complexity index is 713. The number of carbonyl (C=O) groups is 1. The third kappa shape index (κ3) is 3.79. The number of allylic oxidation sites excluding steroid dienone is 1. The van der Waals surface area contributed by atoms with Crippen molar-refractivity contribution in [3.63, 3.8) is 0 Å². The molecule has 1 aliphatic rings. The predicted molar refractivity (Wildman–Crippen MR) is 102 cm³/mol.